The summed E-state index contributed by atoms with van der Waals surface area (Å²) in [5, 5.41) is 15.8. The van der Waals surface area contributed by atoms with Crippen LogP contribution in [0.4, 0.5) is 4.79 Å². The largest absolute Gasteiger partial charge is 0.467 e. The van der Waals surface area contributed by atoms with Gasteiger partial charge in [0.1, 0.15) is 11.9 Å². The van der Waals surface area contributed by atoms with E-state index in [2.05, 4.69) is 10.6 Å². The molecule has 0 radical (unpaired) electrons. The van der Waals surface area contributed by atoms with Gasteiger partial charge in [-0.05, 0) is 36.4 Å². The van der Waals surface area contributed by atoms with Gasteiger partial charge in [-0.3, -0.25) is 0 Å². The number of hydrogen-bond acceptors (Lipinski definition) is 4. The summed E-state index contributed by atoms with van der Waals surface area (Å²) < 4.78 is 5.05. The molecule has 2 amide bonds. The maximum atomic E-state index is 11.6. The third kappa shape index (κ3) is 5.63. The van der Waals surface area contributed by atoms with E-state index >= 15 is 0 Å². The third-order valence-electron chi connectivity index (χ3n) is 2.80. The number of rotatable bonds is 7. The van der Waals surface area contributed by atoms with Crippen LogP contribution in [-0.2, 0) is 0 Å². The van der Waals surface area contributed by atoms with Gasteiger partial charge in [0.15, 0.2) is 0 Å². The van der Waals surface area contributed by atoms with Crippen LogP contribution < -0.4 is 10.6 Å². The molecule has 118 valence electrons. The summed E-state index contributed by atoms with van der Waals surface area (Å²) in [5.41, 5.74) is 0. The molecule has 22 heavy (non-hydrogen) atoms. The van der Waals surface area contributed by atoms with Crippen molar-refractivity contribution in [2.75, 3.05) is 18.8 Å². The van der Waals surface area contributed by atoms with Gasteiger partial charge in [-0.25, -0.2) is 4.79 Å². The zero-order chi connectivity index (χ0) is 15.8. The summed E-state index contributed by atoms with van der Waals surface area (Å²) in [7, 11) is 0. The summed E-state index contributed by atoms with van der Waals surface area (Å²) >= 11 is 7.44. The van der Waals surface area contributed by atoms with Crippen LogP contribution >= 0.6 is 23.4 Å². The number of amides is 2. The summed E-state index contributed by atoms with van der Waals surface area (Å²) in [6.07, 6.45) is 0.635. The Morgan fingerprint density at radius 3 is 2.73 bits per heavy atom. The third-order valence-corrected chi connectivity index (χ3v) is 4.06. The van der Waals surface area contributed by atoms with Crippen LogP contribution in [0.5, 0.6) is 0 Å². The molecule has 0 bridgehead atoms. The Kier molecular flexibility index (Phi) is 6.64. The number of hydrogen-bond donors (Lipinski definition) is 3. The molecular formula is C15H17ClN2O3S. The molecule has 7 heteroatoms. The normalized spacial score (nSPS) is 11.9. The summed E-state index contributed by atoms with van der Waals surface area (Å²) in [6, 6.07) is 10.6. The molecule has 0 fully saturated rings. The number of halogens is 1. The van der Waals surface area contributed by atoms with Crippen molar-refractivity contribution >= 4 is 29.4 Å². The van der Waals surface area contributed by atoms with E-state index in [-0.39, 0.29) is 12.6 Å². The lowest BCUT2D eigenvalue weighted by molar-refractivity contribution is 0.148. The van der Waals surface area contributed by atoms with Gasteiger partial charge in [0, 0.05) is 22.2 Å². The van der Waals surface area contributed by atoms with Gasteiger partial charge in [0.25, 0.3) is 0 Å². The molecule has 0 aliphatic carbocycles. The Labute approximate surface area is 138 Å². The highest BCUT2D eigenvalue weighted by molar-refractivity contribution is 7.99. The van der Waals surface area contributed by atoms with Crippen molar-refractivity contribution in [1.29, 1.82) is 0 Å². The van der Waals surface area contributed by atoms with Crippen LogP contribution in [0.3, 0.4) is 0 Å². The van der Waals surface area contributed by atoms with Crippen molar-refractivity contribution in [2.45, 2.75) is 11.0 Å². The standard InChI is InChI=1S/C15H17ClN2O3S/c16-11-3-5-12(6-4-11)22-9-7-17-15(20)18-10-13(19)14-2-1-8-21-14/h1-6,8,13,19H,7,9-10H2,(H2,17,18,20). The highest BCUT2D eigenvalue weighted by Gasteiger charge is 2.11. The smallest absolute Gasteiger partial charge is 0.314 e. The number of carbonyl (C=O) groups excluding carboxylic acids is 1. The quantitative estimate of drug-likeness (QED) is 0.535. The first-order valence-corrected chi connectivity index (χ1v) is 8.13. The minimum atomic E-state index is -0.843. The average Bonchev–Trinajstić information content (AvgIpc) is 3.05. The topological polar surface area (TPSA) is 74.5 Å². The molecule has 0 saturated heterocycles. The zero-order valence-corrected chi connectivity index (χ0v) is 13.4. The van der Waals surface area contributed by atoms with Gasteiger partial charge < -0.3 is 20.2 Å². The number of aliphatic hydroxyl groups is 1. The lowest BCUT2D eigenvalue weighted by atomic mass is 10.3. The fraction of sp³-hybridized carbons (Fsp3) is 0.267. The van der Waals surface area contributed by atoms with E-state index in [1.165, 1.54) is 6.26 Å². The van der Waals surface area contributed by atoms with Gasteiger partial charge in [0.05, 0.1) is 12.8 Å². The number of aliphatic hydroxyl groups excluding tert-OH is 1. The lowest BCUT2D eigenvalue weighted by Crippen LogP contribution is -2.38. The van der Waals surface area contributed by atoms with Gasteiger partial charge >= 0.3 is 6.03 Å². The summed E-state index contributed by atoms with van der Waals surface area (Å²) in [5.74, 6) is 1.18. The van der Waals surface area contributed by atoms with Crippen molar-refractivity contribution in [3.63, 3.8) is 0 Å². The predicted molar refractivity (Wildman–Crippen MR) is 87.2 cm³/mol. The van der Waals surface area contributed by atoms with Crippen molar-refractivity contribution in [3.8, 4) is 0 Å². The number of benzene rings is 1. The molecule has 1 atom stereocenters. The van der Waals surface area contributed by atoms with E-state index in [0.29, 0.717) is 17.3 Å². The van der Waals surface area contributed by atoms with Crippen LogP contribution in [-0.4, -0.2) is 30.0 Å². The highest BCUT2D eigenvalue weighted by Crippen LogP contribution is 2.19. The second-order valence-corrected chi connectivity index (χ2v) is 6.08. The molecule has 5 nitrogen and oxygen atoms in total. The number of thioether (sulfide) groups is 1. The molecule has 0 spiro atoms. The Morgan fingerprint density at radius 1 is 1.27 bits per heavy atom. The number of furan rings is 1. The van der Waals surface area contributed by atoms with Crippen LogP contribution in [0.2, 0.25) is 5.02 Å². The van der Waals surface area contributed by atoms with Crippen molar-refractivity contribution in [2.24, 2.45) is 0 Å². The molecule has 2 aromatic rings. The van der Waals surface area contributed by atoms with Crippen LogP contribution in [0.25, 0.3) is 0 Å². The number of carbonyl (C=O) groups is 1. The van der Waals surface area contributed by atoms with Crippen molar-refractivity contribution in [3.05, 3.63) is 53.4 Å². The Hall–Kier alpha value is -1.63. The van der Waals surface area contributed by atoms with Crippen molar-refractivity contribution in [1.82, 2.24) is 10.6 Å². The van der Waals surface area contributed by atoms with E-state index in [0.717, 1.165) is 10.6 Å². The molecule has 0 aliphatic heterocycles. The summed E-state index contributed by atoms with van der Waals surface area (Å²) in [4.78, 5) is 12.7. The Morgan fingerprint density at radius 2 is 2.05 bits per heavy atom. The average molecular weight is 341 g/mol. The Balaban J connectivity index is 1.58. The minimum absolute atomic E-state index is 0.101. The van der Waals surface area contributed by atoms with Gasteiger partial charge in [-0.15, -0.1) is 11.8 Å². The minimum Gasteiger partial charge on any atom is -0.467 e. The first kappa shape index (κ1) is 16.7. The molecule has 2 rings (SSSR count). The monoisotopic (exact) mass is 340 g/mol. The fourth-order valence-corrected chi connectivity index (χ4v) is 2.59. The molecule has 1 unspecified atom stereocenters. The maximum Gasteiger partial charge on any atom is 0.314 e. The molecular weight excluding hydrogens is 324 g/mol. The van der Waals surface area contributed by atoms with E-state index in [1.807, 2.05) is 24.3 Å². The van der Waals surface area contributed by atoms with Crippen LogP contribution in [0.1, 0.15) is 11.9 Å². The molecule has 1 heterocycles. The number of urea groups is 1. The first-order chi connectivity index (χ1) is 10.6. The summed E-state index contributed by atoms with van der Waals surface area (Å²) in [6.45, 7) is 0.625. The van der Waals surface area contributed by atoms with Gasteiger partial charge in [-0.2, -0.15) is 0 Å². The molecule has 0 saturated carbocycles. The first-order valence-electron chi connectivity index (χ1n) is 6.76. The highest BCUT2D eigenvalue weighted by atomic mass is 35.5. The Bertz CT molecular complexity index is 575. The molecule has 0 aliphatic rings. The SMILES string of the molecule is O=C(NCCSc1ccc(Cl)cc1)NCC(O)c1ccco1. The fourth-order valence-electron chi connectivity index (χ4n) is 1.70. The second kappa shape index (κ2) is 8.73. The molecule has 3 N–H and O–H groups in total. The maximum absolute atomic E-state index is 11.6. The second-order valence-electron chi connectivity index (χ2n) is 4.47. The predicted octanol–water partition coefficient (Wildman–Crippen LogP) is 3.06. The lowest BCUT2D eigenvalue weighted by Gasteiger charge is -2.10. The van der Waals surface area contributed by atoms with Crippen LogP contribution in [0.15, 0.2) is 52.0 Å². The number of nitrogens with one attached hydrogen (secondary N) is 2. The zero-order valence-electron chi connectivity index (χ0n) is 11.8. The van der Waals surface area contributed by atoms with Gasteiger partial charge in [0.2, 0.25) is 0 Å². The van der Waals surface area contributed by atoms with E-state index < -0.39 is 6.10 Å². The van der Waals surface area contributed by atoms with E-state index in [9.17, 15) is 9.90 Å². The van der Waals surface area contributed by atoms with E-state index in [1.54, 1.807) is 23.9 Å². The van der Waals surface area contributed by atoms with E-state index in [4.69, 9.17) is 16.0 Å². The van der Waals surface area contributed by atoms with Crippen molar-refractivity contribution < 1.29 is 14.3 Å². The molecule has 1 aromatic heterocycles. The van der Waals surface area contributed by atoms with Gasteiger partial charge in [-0.1, -0.05) is 11.6 Å². The van der Waals surface area contributed by atoms with Crippen LogP contribution in [0, 0.1) is 0 Å². The molecule has 1 aromatic carbocycles.